The molecule has 0 rings (SSSR count). The van der Waals surface area contributed by atoms with Crippen LogP contribution in [0.25, 0.3) is 0 Å². The van der Waals surface area contributed by atoms with Crippen LogP contribution in [0.15, 0.2) is 0 Å². The number of nitrogens with zero attached hydrogens (tertiary/aromatic N) is 1. The topological polar surface area (TPSA) is 74.7 Å². The monoisotopic (exact) mass is 195 g/mol. The Labute approximate surface area is 72.0 Å². The zero-order chi connectivity index (χ0) is 10.2. The van der Waals surface area contributed by atoms with E-state index in [0.717, 1.165) is 18.2 Å². The molecule has 0 aromatic carbocycles. The Kier molecular flexibility index (Phi) is 2.87. The van der Waals surface area contributed by atoms with E-state index < -0.39 is 20.7 Å². The van der Waals surface area contributed by atoms with Gasteiger partial charge in [-0.2, -0.15) is 0 Å². The quantitative estimate of drug-likeness (QED) is 0.673. The minimum absolute atomic E-state index is 0.904. The van der Waals surface area contributed by atoms with E-state index >= 15 is 0 Å². The van der Waals surface area contributed by atoms with Crippen LogP contribution >= 0.6 is 0 Å². The number of hydrogen-bond acceptors (Lipinski definition) is 3. The molecule has 6 heteroatoms. The van der Waals surface area contributed by atoms with Crippen molar-refractivity contribution in [3.8, 4) is 0 Å². The van der Waals surface area contributed by atoms with Crippen LogP contribution in [0.3, 0.4) is 0 Å². The molecule has 0 amide bonds. The summed E-state index contributed by atoms with van der Waals surface area (Å²) < 4.78 is 21.8. The van der Waals surface area contributed by atoms with Gasteiger partial charge in [0.1, 0.15) is 0 Å². The molecule has 1 N–H and O–H groups in total. The zero-order valence-electron chi connectivity index (χ0n) is 7.53. The van der Waals surface area contributed by atoms with Crippen molar-refractivity contribution >= 4 is 16.0 Å². The zero-order valence-corrected chi connectivity index (χ0v) is 8.34. The summed E-state index contributed by atoms with van der Waals surface area (Å²) in [5.74, 6) is -1.35. The molecule has 0 spiro atoms. The first kappa shape index (κ1) is 11.4. The van der Waals surface area contributed by atoms with Gasteiger partial charge in [-0.1, -0.05) is 0 Å². The maximum atomic E-state index is 11.3. The van der Waals surface area contributed by atoms with Gasteiger partial charge in [0, 0.05) is 14.1 Å². The Morgan fingerprint density at radius 3 is 1.75 bits per heavy atom. The molecule has 5 nitrogen and oxygen atoms in total. The molecular formula is C6H13NO4S. The van der Waals surface area contributed by atoms with Crippen molar-refractivity contribution < 1.29 is 18.3 Å². The average molecular weight is 195 g/mol. The van der Waals surface area contributed by atoms with Crippen molar-refractivity contribution in [1.29, 1.82) is 0 Å². The van der Waals surface area contributed by atoms with Crippen molar-refractivity contribution in [2.24, 2.45) is 0 Å². The fraction of sp³-hybridized carbons (Fsp3) is 0.833. The van der Waals surface area contributed by atoms with Gasteiger partial charge < -0.3 is 5.11 Å². The Hall–Kier alpha value is -0.620. The molecule has 0 fully saturated rings. The number of rotatable bonds is 3. The lowest BCUT2D eigenvalue weighted by molar-refractivity contribution is -0.139. The van der Waals surface area contributed by atoms with Gasteiger partial charge in [-0.25, -0.2) is 12.7 Å². The summed E-state index contributed by atoms with van der Waals surface area (Å²) in [4.78, 5) is 10.6. The Balaban J connectivity index is 5.19. The third-order valence-electron chi connectivity index (χ3n) is 1.64. The van der Waals surface area contributed by atoms with Crippen LogP contribution in [-0.4, -0.2) is 42.6 Å². The number of hydrogen-bond donors (Lipinski definition) is 1. The molecular weight excluding hydrogens is 182 g/mol. The molecule has 0 saturated carbocycles. The molecule has 72 valence electrons. The van der Waals surface area contributed by atoms with E-state index in [-0.39, 0.29) is 0 Å². The fourth-order valence-electron chi connectivity index (χ4n) is 0.567. The van der Waals surface area contributed by atoms with Crippen molar-refractivity contribution in [3.63, 3.8) is 0 Å². The van der Waals surface area contributed by atoms with Gasteiger partial charge in [0.25, 0.3) is 0 Å². The molecule has 0 aromatic heterocycles. The lowest BCUT2D eigenvalue weighted by Gasteiger charge is -2.23. The predicted molar refractivity (Wildman–Crippen MR) is 44.3 cm³/mol. The second-order valence-electron chi connectivity index (χ2n) is 3.10. The van der Waals surface area contributed by atoms with Crippen LogP contribution in [0.1, 0.15) is 13.8 Å². The molecule has 12 heavy (non-hydrogen) atoms. The van der Waals surface area contributed by atoms with E-state index in [9.17, 15) is 13.2 Å². The Bertz CT molecular complexity index is 278. The summed E-state index contributed by atoms with van der Waals surface area (Å²) >= 11 is 0. The van der Waals surface area contributed by atoms with Crippen LogP contribution in [0.4, 0.5) is 0 Å². The standard InChI is InChI=1S/C6H13NO4S/c1-6(2,5(8)9)12(10,11)7(3)4/h1-4H3,(H,8,9). The summed E-state index contributed by atoms with van der Waals surface area (Å²) in [5, 5.41) is 8.62. The first-order valence-electron chi connectivity index (χ1n) is 3.29. The third-order valence-corrected chi connectivity index (χ3v) is 4.07. The maximum absolute atomic E-state index is 11.3. The first-order chi connectivity index (χ1) is 5.14. The summed E-state index contributed by atoms with van der Waals surface area (Å²) in [6, 6.07) is 0. The van der Waals surface area contributed by atoms with Crippen molar-refractivity contribution in [1.82, 2.24) is 4.31 Å². The highest BCUT2D eigenvalue weighted by molar-refractivity contribution is 7.91. The molecule has 0 atom stereocenters. The number of carbonyl (C=O) groups is 1. The normalized spacial score (nSPS) is 13.4. The minimum atomic E-state index is -3.74. The second kappa shape index (κ2) is 3.02. The van der Waals surface area contributed by atoms with E-state index in [1.54, 1.807) is 0 Å². The van der Waals surface area contributed by atoms with E-state index in [1.807, 2.05) is 0 Å². The smallest absolute Gasteiger partial charge is 0.325 e. The average Bonchev–Trinajstić information content (AvgIpc) is 1.86. The van der Waals surface area contributed by atoms with Crippen molar-refractivity contribution in [3.05, 3.63) is 0 Å². The summed E-state index contributed by atoms with van der Waals surface area (Å²) in [7, 11) is -1.13. The summed E-state index contributed by atoms with van der Waals surface area (Å²) in [6.07, 6.45) is 0. The van der Waals surface area contributed by atoms with E-state index in [0.29, 0.717) is 0 Å². The van der Waals surface area contributed by atoms with E-state index in [4.69, 9.17) is 5.11 Å². The van der Waals surface area contributed by atoms with Gasteiger partial charge in [0.2, 0.25) is 10.0 Å². The molecule has 0 radical (unpaired) electrons. The van der Waals surface area contributed by atoms with Crippen LogP contribution in [0.2, 0.25) is 0 Å². The Morgan fingerprint density at radius 2 is 1.67 bits per heavy atom. The van der Waals surface area contributed by atoms with Crippen molar-refractivity contribution in [2.75, 3.05) is 14.1 Å². The molecule has 0 unspecified atom stereocenters. The number of sulfonamides is 1. The lowest BCUT2D eigenvalue weighted by Crippen LogP contribution is -2.46. The molecule has 0 aliphatic rings. The third kappa shape index (κ3) is 1.59. The molecule has 0 aliphatic carbocycles. The van der Waals surface area contributed by atoms with Gasteiger partial charge in [0.05, 0.1) is 0 Å². The lowest BCUT2D eigenvalue weighted by atomic mass is 10.2. The first-order valence-corrected chi connectivity index (χ1v) is 4.73. The van der Waals surface area contributed by atoms with E-state index in [1.165, 1.54) is 14.1 Å². The second-order valence-corrected chi connectivity index (χ2v) is 5.80. The van der Waals surface area contributed by atoms with Crippen LogP contribution in [0, 0.1) is 0 Å². The maximum Gasteiger partial charge on any atom is 0.325 e. The highest BCUT2D eigenvalue weighted by atomic mass is 32.2. The van der Waals surface area contributed by atoms with Gasteiger partial charge in [-0.3, -0.25) is 4.79 Å². The number of carboxylic acids is 1. The van der Waals surface area contributed by atoms with Gasteiger partial charge in [-0.05, 0) is 13.8 Å². The number of aliphatic carboxylic acids is 1. The van der Waals surface area contributed by atoms with Crippen molar-refractivity contribution in [2.45, 2.75) is 18.6 Å². The molecule has 0 aliphatic heterocycles. The van der Waals surface area contributed by atoms with Gasteiger partial charge >= 0.3 is 5.97 Å². The van der Waals surface area contributed by atoms with Gasteiger partial charge in [0.15, 0.2) is 4.75 Å². The highest BCUT2D eigenvalue weighted by Gasteiger charge is 2.43. The van der Waals surface area contributed by atoms with Gasteiger partial charge in [-0.15, -0.1) is 0 Å². The van der Waals surface area contributed by atoms with Crippen LogP contribution < -0.4 is 0 Å². The summed E-state index contributed by atoms with van der Waals surface area (Å²) in [5.41, 5.74) is 0. The summed E-state index contributed by atoms with van der Waals surface area (Å²) in [6.45, 7) is 2.31. The molecule has 0 saturated heterocycles. The fourth-order valence-corrected chi connectivity index (χ4v) is 1.70. The van der Waals surface area contributed by atoms with Crippen LogP contribution in [-0.2, 0) is 14.8 Å². The Morgan fingerprint density at radius 1 is 1.33 bits per heavy atom. The number of carboxylic acid groups (broad SMARTS) is 1. The van der Waals surface area contributed by atoms with E-state index in [2.05, 4.69) is 0 Å². The molecule has 0 heterocycles. The van der Waals surface area contributed by atoms with Crippen LogP contribution in [0.5, 0.6) is 0 Å². The molecule has 0 aromatic rings. The SMILES string of the molecule is CN(C)S(=O)(=O)C(C)(C)C(=O)O. The minimum Gasteiger partial charge on any atom is -0.480 e. The molecule has 0 bridgehead atoms. The highest BCUT2D eigenvalue weighted by Crippen LogP contribution is 2.18. The predicted octanol–water partition coefficient (Wildman–Crippen LogP) is -0.259. The largest absolute Gasteiger partial charge is 0.480 e.